The Bertz CT molecular complexity index is 226. The zero-order valence-corrected chi connectivity index (χ0v) is 8.99. The van der Waals surface area contributed by atoms with Gasteiger partial charge in [-0.3, -0.25) is 5.43 Å². The molecule has 0 aromatic carbocycles. The molecule has 0 unspecified atom stereocenters. The van der Waals surface area contributed by atoms with Crippen LogP contribution < -0.4 is 10.7 Å². The Morgan fingerprint density at radius 2 is 2.08 bits per heavy atom. The lowest BCUT2D eigenvalue weighted by molar-refractivity contribution is 0.158. The van der Waals surface area contributed by atoms with Gasteiger partial charge in [0.05, 0.1) is 18.9 Å². The van der Waals surface area contributed by atoms with E-state index in [1.165, 1.54) is 0 Å². The third kappa shape index (κ3) is 4.19. The summed E-state index contributed by atoms with van der Waals surface area (Å²) < 4.78 is 4.93. The van der Waals surface area contributed by atoms with E-state index < -0.39 is 0 Å². The predicted molar refractivity (Wildman–Crippen MR) is 56.9 cm³/mol. The van der Waals surface area contributed by atoms with Crippen LogP contribution in [-0.4, -0.2) is 29.6 Å². The fourth-order valence-electron chi connectivity index (χ4n) is 0.756. The summed E-state index contributed by atoms with van der Waals surface area (Å²) >= 11 is 5.02. The molecule has 2 N–H and O–H groups in total. The van der Waals surface area contributed by atoms with Crippen molar-refractivity contribution in [1.82, 2.24) is 10.7 Å². The van der Waals surface area contributed by atoms with Gasteiger partial charge >= 0.3 is 0 Å². The summed E-state index contributed by atoms with van der Waals surface area (Å²) in [7, 11) is 0. The van der Waals surface area contributed by atoms with Crippen molar-refractivity contribution < 1.29 is 4.74 Å². The van der Waals surface area contributed by atoms with E-state index in [4.69, 9.17) is 17.0 Å². The topological polar surface area (TPSA) is 45.7 Å². The van der Waals surface area contributed by atoms with Crippen LogP contribution in [0.25, 0.3) is 0 Å². The van der Waals surface area contributed by atoms with Gasteiger partial charge in [-0.2, -0.15) is 5.10 Å². The smallest absolute Gasteiger partial charge is 0.187 e. The van der Waals surface area contributed by atoms with E-state index in [-0.39, 0.29) is 5.54 Å². The Morgan fingerprint density at radius 1 is 1.46 bits per heavy atom. The van der Waals surface area contributed by atoms with E-state index in [0.717, 1.165) is 5.71 Å². The van der Waals surface area contributed by atoms with Crippen molar-refractivity contribution in [3.63, 3.8) is 0 Å². The molecule has 0 aromatic heterocycles. The first kappa shape index (κ1) is 10.4. The quantitative estimate of drug-likeness (QED) is 0.482. The zero-order valence-electron chi connectivity index (χ0n) is 8.18. The lowest BCUT2D eigenvalue weighted by atomic mass is 10.1. The molecule has 0 bridgehead atoms. The van der Waals surface area contributed by atoms with Gasteiger partial charge in [-0.05, 0) is 33.0 Å². The molecule has 0 saturated carbocycles. The van der Waals surface area contributed by atoms with Crippen LogP contribution in [0, 0.1) is 0 Å². The van der Waals surface area contributed by atoms with Crippen molar-refractivity contribution in [1.29, 1.82) is 0 Å². The summed E-state index contributed by atoms with van der Waals surface area (Å²) in [6.45, 7) is 7.36. The number of rotatable bonds is 1. The minimum atomic E-state index is -0.0274. The monoisotopic (exact) mass is 201 g/mol. The lowest BCUT2D eigenvalue weighted by Gasteiger charge is -2.22. The number of hydrogen-bond donors (Lipinski definition) is 2. The van der Waals surface area contributed by atoms with E-state index in [1.54, 1.807) is 0 Å². The largest absolute Gasteiger partial charge is 0.369 e. The van der Waals surface area contributed by atoms with Crippen LogP contribution in [0.4, 0.5) is 0 Å². The highest BCUT2D eigenvalue weighted by Gasteiger charge is 2.12. The molecule has 1 saturated heterocycles. The number of ether oxygens (including phenoxy) is 1. The Hall–Kier alpha value is -0.680. The molecule has 4 nitrogen and oxygen atoms in total. The zero-order chi connectivity index (χ0) is 9.90. The van der Waals surface area contributed by atoms with E-state index in [0.29, 0.717) is 18.3 Å². The number of hydrazone groups is 1. The first-order valence-electron chi connectivity index (χ1n) is 4.19. The van der Waals surface area contributed by atoms with Crippen LogP contribution in [0.2, 0.25) is 0 Å². The van der Waals surface area contributed by atoms with Crippen LogP contribution in [0.5, 0.6) is 0 Å². The molecule has 74 valence electrons. The fourth-order valence-corrected chi connectivity index (χ4v) is 1.11. The summed E-state index contributed by atoms with van der Waals surface area (Å²) in [4.78, 5) is 0. The second kappa shape index (κ2) is 4.02. The molecule has 0 aliphatic carbocycles. The van der Waals surface area contributed by atoms with Gasteiger partial charge in [0.15, 0.2) is 5.11 Å². The molecule has 0 aromatic rings. The highest BCUT2D eigenvalue weighted by Crippen LogP contribution is 1.98. The van der Waals surface area contributed by atoms with Crippen molar-refractivity contribution >= 4 is 23.0 Å². The standard InChI is InChI=1S/C8H15N3OS/c1-8(2,3)9-7(13)11-10-6-4-12-5-6/h4-5H2,1-3H3,(H2,9,11,13). The maximum absolute atomic E-state index is 5.02. The molecule has 0 radical (unpaired) electrons. The average Bonchev–Trinajstić information content (AvgIpc) is 1.78. The lowest BCUT2D eigenvalue weighted by Crippen LogP contribution is -2.45. The van der Waals surface area contributed by atoms with Crippen molar-refractivity contribution in [3.8, 4) is 0 Å². The van der Waals surface area contributed by atoms with Gasteiger partial charge in [-0.25, -0.2) is 0 Å². The Balaban J connectivity index is 2.25. The van der Waals surface area contributed by atoms with Crippen LogP contribution >= 0.6 is 12.2 Å². The van der Waals surface area contributed by atoms with Gasteiger partial charge in [0, 0.05) is 5.54 Å². The summed E-state index contributed by atoms with van der Waals surface area (Å²) in [5, 5.41) is 7.69. The van der Waals surface area contributed by atoms with Crippen LogP contribution in [0.1, 0.15) is 20.8 Å². The molecular weight excluding hydrogens is 186 g/mol. The van der Waals surface area contributed by atoms with E-state index >= 15 is 0 Å². The Morgan fingerprint density at radius 3 is 2.46 bits per heavy atom. The van der Waals surface area contributed by atoms with E-state index in [1.807, 2.05) is 20.8 Å². The summed E-state index contributed by atoms with van der Waals surface area (Å²) in [6, 6.07) is 0. The minimum Gasteiger partial charge on any atom is -0.369 e. The molecule has 1 aliphatic heterocycles. The minimum absolute atomic E-state index is 0.0274. The van der Waals surface area contributed by atoms with E-state index in [9.17, 15) is 0 Å². The van der Waals surface area contributed by atoms with Crippen LogP contribution in [0.15, 0.2) is 5.10 Å². The molecular formula is C8H15N3OS. The highest BCUT2D eigenvalue weighted by atomic mass is 32.1. The molecule has 1 heterocycles. The molecule has 5 heteroatoms. The van der Waals surface area contributed by atoms with Crippen molar-refractivity contribution in [2.75, 3.05) is 13.2 Å². The molecule has 1 fully saturated rings. The maximum atomic E-state index is 5.02. The highest BCUT2D eigenvalue weighted by molar-refractivity contribution is 7.80. The molecule has 0 amide bonds. The van der Waals surface area contributed by atoms with Crippen LogP contribution in [0.3, 0.4) is 0 Å². The third-order valence-electron chi connectivity index (χ3n) is 1.34. The Kier molecular flexibility index (Phi) is 3.22. The summed E-state index contributed by atoms with van der Waals surface area (Å²) in [6.07, 6.45) is 0. The van der Waals surface area contributed by atoms with Gasteiger partial charge < -0.3 is 10.1 Å². The first-order chi connectivity index (χ1) is 5.97. The summed E-state index contributed by atoms with van der Waals surface area (Å²) in [5.74, 6) is 0. The Labute approximate surface area is 83.7 Å². The normalized spacial score (nSPS) is 16.1. The van der Waals surface area contributed by atoms with Gasteiger partial charge in [0.2, 0.25) is 0 Å². The predicted octanol–water partition coefficient (Wildman–Crippen LogP) is 0.635. The number of hydrogen-bond acceptors (Lipinski definition) is 3. The van der Waals surface area contributed by atoms with Gasteiger partial charge in [0.25, 0.3) is 0 Å². The molecule has 0 atom stereocenters. The van der Waals surface area contributed by atoms with Crippen molar-refractivity contribution in [2.24, 2.45) is 5.10 Å². The molecule has 1 aliphatic rings. The number of nitrogens with zero attached hydrogens (tertiary/aromatic N) is 1. The summed E-state index contributed by atoms with van der Waals surface area (Å²) in [5.41, 5.74) is 3.74. The van der Waals surface area contributed by atoms with Crippen molar-refractivity contribution in [2.45, 2.75) is 26.3 Å². The molecule has 1 rings (SSSR count). The second-order valence-corrected chi connectivity index (χ2v) is 4.40. The average molecular weight is 201 g/mol. The second-order valence-electron chi connectivity index (χ2n) is 3.99. The van der Waals surface area contributed by atoms with Gasteiger partial charge in [-0.1, -0.05) is 0 Å². The molecule has 13 heavy (non-hydrogen) atoms. The molecule has 0 spiro atoms. The SMILES string of the molecule is CC(C)(C)NC(=S)NN=C1COC1. The number of thiocarbonyl (C=S) groups is 1. The van der Waals surface area contributed by atoms with Crippen LogP contribution in [-0.2, 0) is 4.74 Å². The number of nitrogens with one attached hydrogen (secondary N) is 2. The van der Waals surface area contributed by atoms with Crippen molar-refractivity contribution in [3.05, 3.63) is 0 Å². The first-order valence-corrected chi connectivity index (χ1v) is 4.59. The fraction of sp³-hybridized carbons (Fsp3) is 0.750. The van der Waals surface area contributed by atoms with Gasteiger partial charge in [-0.15, -0.1) is 0 Å². The van der Waals surface area contributed by atoms with Gasteiger partial charge in [0.1, 0.15) is 0 Å². The van der Waals surface area contributed by atoms with E-state index in [2.05, 4.69) is 15.8 Å². The maximum Gasteiger partial charge on any atom is 0.187 e. The third-order valence-corrected chi connectivity index (χ3v) is 1.53.